The van der Waals surface area contributed by atoms with Crippen LogP contribution in [-0.2, 0) is 12.8 Å². The second-order valence-electron chi connectivity index (χ2n) is 5.11. The van der Waals surface area contributed by atoms with Gasteiger partial charge in [-0.05, 0) is 61.6 Å². The number of methoxy groups -OCH3 is 2. The molecule has 0 aromatic heterocycles. The fraction of sp³-hybridized carbons (Fsp3) is 0.333. The third kappa shape index (κ3) is 3.32. The van der Waals surface area contributed by atoms with E-state index in [9.17, 15) is 0 Å². The van der Waals surface area contributed by atoms with Gasteiger partial charge in [0.15, 0.2) is 0 Å². The van der Waals surface area contributed by atoms with Crippen molar-refractivity contribution in [3.8, 4) is 11.5 Å². The number of ether oxygens (including phenoxy) is 2. The Hall–Kier alpha value is -1.96. The molecule has 0 heterocycles. The summed E-state index contributed by atoms with van der Waals surface area (Å²) in [5, 5.41) is 0. The van der Waals surface area contributed by atoms with Gasteiger partial charge in [0.1, 0.15) is 11.5 Å². The maximum Gasteiger partial charge on any atom is 0.122 e. The predicted molar refractivity (Wildman–Crippen MR) is 82.9 cm³/mol. The molecule has 0 aliphatic rings. The van der Waals surface area contributed by atoms with Crippen LogP contribution in [0.4, 0.5) is 0 Å². The number of rotatable bonds is 5. The largest absolute Gasteiger partial charge is 0.497 e. The molecule has 2 aromatic carbocycles. The minimum Gasteiger partial charge on any atom is -0.497 e. The molecule has 0 saturated carbocycles. The summed E-state index contributed by atoms with van der Waals surface area (Å²) >= 11 is 0. The Labute approximate surface area is 121 Å². The first-order valence-corrected chi connectivity index (χ1v) is 6.91. The molecule has 0 unspecified atom stereocenters. The lowest BCUT2D eigenvalue weighted by molar-refractivity contribution is 0.398. The van der Waals surface area contributed by atoms with Crippen LogP contribution in [-0.4, -0.2) is 14.2 Å². The van der Waals surface area contributed by atoms with E-state index in [1.165, 1.54) is 22.3 Å². The van der Waals surface area contributed by atoms with Crippen LogP contribution in [0.25, 0.3) is 0 Å². The average Bonchev–Trinajstić information content (AvgIpc) is 2.47. The molecular formula is C18H22O2. The van der Waals surface area contributed by atoms with Gasteiger partial charge in [-0.25, -0.2) is 0 Å². The Morgan fingerprint density at radius 1 is 0.800 bits per heavy atom. The summed E-state index contributed by atoms with van der Waals surface area (Å²) in [5.74, 6) is 1.80. The van der Waals surface area contributed by atoms with Gasteiger partial charge in [-0.2, -0.15) is 0 Å². The highest BCUT2D eigenvalue weighted by atomic mass is 16.5. The van der Waals surface area contributed by atoms with Gasteiger partial charge in [-0.15, -0.1) is 0 Å². The number of hydrogen-bond donors (Lipinski definition) is 0. The average molecular weight is 270 g/mol. The first kappa shape index (κ1) is 14.4. The quantitative estimate of drug-likeness (QED) is 0.814. The van der Waals surface area contributed by atoms with Crippen molar-refractivity contribution in [2.75, 3.05) is 14.2 Å². The zero-order valence-electron chi connectivity index (χ0n) is 12.7. The lowest BCUT2D eigenvalue weighted by atomic mass is 9.98. The zero-order chi connectivity index (χ0) is 14.5. The maximum absolute atomic E-state index is 5.43. The van der Waals surface area contributed by atoms with E-state index < -0.39 is 0 Å². The normalized spacial score (nSPS) is 10.4. The Morgan fingerprint density at radius 2 is 1.55 bits per heavy atom. The molecule has 0 aliphatic heterocycles. The molecule has 0 amide bonds. The molecule has 0 bridgehead atoms. The molecule has 2 rings (SSSR count). The SMILES string of the molecule is COc1ccc(OC)c(CCc2cc(C)ccc2C)c1. The molecule has 0 aliphatic carbocycles. The summed E-state index contributed by atoms with van der Waals surface area (Å²) < 4.78 is 10.7. The lowest BCUT2D eigenvalue weighted by Crippen LogP contribution is -1.98. The van der Waals surface area contributed by atoms with E-state index in [4.69, 9.17) is 9.47 Å². The van der Waals surface area contributed by atoms with Gasteiger partial charge in [0.25, 0.3) is 0 Å². The highest BCUT2D eigenvalue weighted by Crippen LogP contribution is 2.25. The molecular weight excluding hydrogens is 248 g/mol. The van der Waals surface area contributed by atoms with Gasteiger partial charge >= 0.3 is 0 Å². The van der Waals surface area contributed by atoms with Crippen LogP contribution in [0, 0.1) is 13.8 Å². The third-order valence-electron chi connectivity index (χ3n) is 3.66. The number of aryl methyl sites for hydroxylation is 4. The summed E-state index contributed by atoms with van der Waals surface area (Å²) in [6.07, 6.45) is 1.96. The van der Waals surface area contributed by atoms with Crippen molar-refractivity contribution < 1.29 is 9.47 Å². The van der Waals surface area contributed by atoms with Crippen molar-refractivity contribution in [2.24, 2.45) is 0 Å². The molecule has 0 saturated heterocycles. The van der Waals surface area contributed by atoms with Gasteiger partial charge in [0.05, 0.1) is 14.2 Å². The molecule has 2 nitrogen and oxygen atoms in total. The summed E-state index contributed by atoms with van der Waals surface area (Å²) in [6, 6.07) is 12.6. The summed E-state index contributed by atoms with van der Waals surface area (Å²) in [5.41, 5.74) is 5.24. The van der Waals surface area contributed by atoms with Crippen LogP contribution < -0.4 is 9.47 Å². The highest BCUT2D eigenvalue weighted by Gasteiger charge is 2.07. The summed E-state index contributed by atoms with van der Waals surface area (Å²) in [6.45, 7) is 4.30. The van der Waals surface area contributed by atoms with Crippen LogP contribution in [0.3, 0.4) is 0 Å². The van der Waals surface area contributed by atoms with Gasteiger partial charge in [-0.1, -0.05) is 23.8 Å². The van der Waals surface area contributed by atoms with Gasteiger partial charge in [0.2, 0.25) is 0 Å². The minimum atomic E-state index is 0.877. The van der Waals surface area contributed by atoms with E-state index >= 15 is 0 Å². The van der Waals surface area contributed by atoms with Crippen molar-refractivity contribution in [3.05, 3.63) is 58.7 Å². The van der Waals surface area contributed by atoms with Crippen molar-refractivity contribution >= 4 is 0 Å². The minimum absolute atomic E-state index is 0.877. The third-order valence-corrected chi connectivity index (χ3v) is 3.66. The molecule has 20 heavy (non-hydrogen) atoms. The second kappa shape index (κ2) is 6.47. The van der Waals surface area contributed by atoms with E-state index in [0.717, 1.165) is 24.3 Å². The van der Waals surface area contributed by atoms with E-state index in [0.29, 0.717) is 0 Å². The standard InChI is InChI=1S/C18H22O2/c1-13-5-6-14(2)15(11-13)7-8-16-12-17(19-3)9-10-18(16)20-4/h5-6,9-12H,7-8H2,1-4H3. The molecule has 0 atom stereocenters. The van der Waals surface area contributed by atoms with Crippen molar-refractivity contribution in [3.63, 3.8) is 0 Å². The van der Waals surface area contributed by atoms with Gasteiger partial charge < -0.3 is 9.47 Å². The molecule has 0 spiro atoms. The molecule has 0 radical (unpaired) electrons. The summed E-state index contributed by atoms with van der Waals surface area (Å²) in [4.78, 5) is 0. The van der Waals surface area contributed by atoms with Crippen LogP contribution in [0.15, 0.2) is 36.4 Å². The van der Waals surface area contributed by atoms with Gasteiger partial charge in [0, 0.05) is 0 Å². The van der Waals surface area contributed by atoms with Crippen molar-refractivity contribution in [1.29, 1.82) is 0 Å². The Morgan fingerprint density at radius 3 is 2.25 bits per heavy atom. The van der Waals surface area contributed by atoms with Crippen LogP contribution in [0.5, 0.6) is 11.5 Å². The molecule has 106 valence electrons. The molecule has 0 N–H and O–H groups in total. The molecule has 0 fully saturated rings. The lowest BCUT2D eigenvalue weighted by Gasteiger charge is -2.12. The van der Waals surface area contributed by atoms with E-state index in [2.05, 4.69) is 38.1 Å². The maximum atomic E-state index is 5.43. The van der Waals surface area contributed by atoms with E-state index in [-0.39, 0.29) is 0 Å². The van der Waals surface area contributed by atoms with Crippen LogP contribution in [0.2, 0.25) is 0 Å². The van der Waals surface area contributed by atoms with Crippen LogP contribution in [0.1, 0.15) is 22.3 Å². The van der Waals surface area contributed by atoms with E-state index in [1.807, 2.05) is 12.1 Å². The van der Waals surface area contributed by atoms with Crippen molar-refractivity contribution in [1.82, 2.24) is 0 Å². The smallest absolute Gasteiger partial charge is 0.122 e. The number of benzene rings is 2. The first-order valence-electron chi connectivity index (χ1n) is 6.91. The first-order chi connectivity index (χ1) is 9.63. The molecule has 2 heteroatoms. The highest BCUT2D eigenvalue weighted by molar-refractivity contribution is 5.41. The predicted octanol–water partition coefficient (Wildman–Crippen LogP) is 4.11. The number of hydrogen-bond acceptors (Lipinski definition) is 2. The topological polar surface area (TPSA) is 18.5 Å². The van der Waals surface area contributed by atoms with E-state index in [1.54, 1.807) is 14.2 Å². The Kier molecular flexibility index (Phi) is 4.67. The second-order valence-corrected chi connectivity index (χ2v) is 5.11. The zero-order valence-corrected chi connectivity index (χ0v) is 12.7. The Bertz CT molecular complexity index is 588. The summed E-state index contributed by atoms with van der Waals surface area (Å²) in [7, 11) is 3.40. The van der Waals surface area contributed by atoms with Crippen LogP contribution >= 0.6 is 0 Å². The fourth-order valence-electron chi connectivity index (χ4n) is 2.42. The van der Waals surface area contributed by atoms with Gasteiger partial charge in [-0.3, -0.25) is 0 Å². The van der Waals surface area contributed by atoms with Crippen molar-refractivity contribution in [2.45, 2.75) is 26.7 Å². The fourth-order valence-corrected chi connectivity index (χ4v) is 2.42. The monoisotopic (exact) mass is 270 g/mol. The Balaban J connectivity index is 2.19. The molecule has 2 aromatic rings.